The lowest BCUT2D eigenvalue weighted by Crippen LogP contribution is -2.31. The Balaban J connectivity index is 2.74. The summed E-state index contributed by atoms with van der Waals surface area (Å²) in [6, 6.07) is 5.93. The van der Waals surface area contributed by atoms with Crippen molar-refractivity contribution < 1.29 is 5.11 Å². The molecule has 0 aliphatic heterocycles. The van der Waals surface area contributed by atoms with Gasteiger partial charge < -0.3 is 5.11 Å². The molecule has 1 rings (SSSR count). The molecule has 0 spiro atoms. The Kier molecular flexibility index (Phi) is 6.28. The van der Waals surface area contributed by atoms with Gasteiger partial charge in [-0.05, 0) is 44.0 Å². The minimum Gasteiger partial charge on any atom is -0.396 e. The van der Waals surface area contributed by atoms with Crippen LogP contribution in [0.25, 0.3) is 0 Å². The van der Waals surface area contributed by atoms with Crippen LogP contribution in [-0.2, 0) is 6.54 Å². The molecule has 0 aliphatic rings. The second kappa shape index (κ2) is 7.22. The zero-order valence-corrected chi connectivity index (χ0v) is 11.8. The lowest BCUT2D eigenvalue weighted by Gasteiger charge is -2.26. The second-order valence-corrected chi connectivity index (χ2v) is 5.22. The van der Waals surface area contributed by atoms with Crippen LogP contribution in [0.4, 0.5) is 0 Å². The molecule has 0 saturated carbocycles. The first-order valence-electron chi connectivity index (χ1n) is 5.83. The molecule has 17 heavy (non-hydrogen) atoms. The van der Waals surface area contributed by atoms with E-state index in [1.807, 2.05) is 12.1 Å². The van der Waals surface area contributed by atoms with E-state index in [0.717, 1.165) is 30.1 Å². The number of nitrogens with zero attached hydrogens (tertiary/aromatic N) is 1. The maximum absolute atomic E-state index is 8.89. The number of hydrogen-bond acceptors (Lipinski definition) is 2. The number of aliphatic hydroxyl groups is 1. The first-order chi connectivity index (χ1) is 8.04. The maximum Gasteiger partial charge on any atom is 0.0452 e. The molecule has 0 amide bonds. The third-order valence-corrected chi connectivity index (χ3v) is 3.32. The number of aliphatic hydroxyl groups excluding tert-OH is 1. The van der Waals surface area contributed by atoms with Gasteiger partial charge in [-0.3, -0.25) is 4.90 Å². The zero-order chi connectivity index (χ0) is 12.8. The smallest absolute Gasteiger partial charge is 0.0452 e. The van der Waals surface area contributed by atoms with Crippen molar-refractivity contribution in [2.24, 2.45) is 0 Å². The topological polar surface area (TPSA) is 23.5 Å². The molecule has 0 bridgehead atoms. The normalized spacial score (nSPS) is 11.5. The molecular formula is C13H19Cl2NO. The number of benzene rings is 1. The third-order valence-electron chi connectivity index (χ3n) is 2.71. The summed E-state index contributed by atoms with van der Waals surface area (Å²) in [4.78, 5) is 2.27. The van der Waals surface area contributed by atoms with Crippen molar-refractivity contribution in [2.75, 3.05) is 13.2 Å². The van der Waals surface area contributed by atoms with Crippen LogP contribution in [0, 0.1) is 0 Å². The minimum absolute atomic E-state index is 0.215. The quantitative estimate of drug-likeness (QED) is 0.858. The highest BCUT2D eigenvalue weighted by atomic mass is 35.5. The molecule has 0 saturated heterocycles. The van der Waals surface area contributed by atoms with E-state index in [2.05, 4.69) is 18.7 Å². The highest BCUT2D eigenvalue weighted by molar-refractivity contribution is 6.33. The maximum atomic E-state index is 8.89. The Morgan fingerprint density at radius 3 is 2.59 bits per heavy atom. The van der Waals surface area contributed by atoms with Gasteiger partial charge in [0, 0.05) is 35.8 Å². The summed E-state index contributed by atoms with van der Waals surface area (Å²) in [7, 11) is 0. The van der Waals surface area contributed by atoms with Gasteiger partial charge >= 0.3 is 0 Å². The van der Waals surface area contributed by atoms with Crippen molar-refractivity contribution in [3.8, 4) is 0 Å². The van der Waals surface area contributed by atoms with Gasteiger partial charge in [0.15, 0.2) is 0 Å². The number of hydrogen-bond donors (Lipinski definition) is 1. The summed E-state index contributed by atoms with van der Waals surface area (Å²) < 4.78 is 0. The summed E-state index contributed by atoms with van der Waals surface area (Å²) in [5.41, 5.74) is 1.03. The second-order valence-electron chi connectivity index (χ2n) is 4.38. The van der Waals surface area contributed by atoms with Crippen molar-refractivity contribution in [1.82, 2.24) is 4.90 Å². The van der Waals surface area contributed by atoms with Gasteiger partial charge in [0.05, 0.1) is 0 Å². The lowest BCUT2D eigenvalue weighted by atomic mass is 10.2. The van der Waals surface area contributed by atoms with Crippen LogP contribution in [0.5, 0.6) is 0 Å². The molecule has 0 atom stereocenters. The van der Waals surface area contributed by atoms with Gasteiger partial charge in [-0.2, -0.15) is 0 Å². The highest BCUT2D eigenvalue weighted by Gasteiger charge is 2.12. The van der Waals surface area contributed by atoms with Crippen molar-refractivity contribution in [3.05, 3.63) is 33.8 Å². The summed E-state index contributed by atoms with van der Waals surface area (Å²) in [6.45, 7) is 6.10. The van der Waals surface area contributed by atoms with Crippen molar-refractivity contribution in [3.63, 3.8) is 0 Å². The summed E-state index contributed by atoms with van der Waals surface area (Å²) >= 11 is 12.1. The highest BCUT2D eigenvalue weighted by Crippen LogP contribution is 2.22. The summed E-state index contributed by atoms with van der Waals surface area (Å²) in [6.07, 6.45) is 0.774. The summed E-state index contributed by atoms with van der Waals surface area (Å²) in [5.74, 6) is 0. The van der Waals surface area contributed by atoms with Crippen molar-refractivity contribution >= 4 is 23.2 Å². The first-order valence-corrected chi connectivity index (χ1v) is 6.59. The fourth-order valence-electron chi connectivity index (χ4n) is 1.68. The van der Waals surface area contributed by atoms with Crippen LogP contribution in [-0.4, -0.2) is 29.2 Å². The number of rotatable bonds is 6. The van der Waals surface area contributed by atoms with Gasteiger partial charge in [0.1, 0.15) is 0 Å². The monoisotopic (exact) mass is 275 g/mol. The average Bonchev–Trinajstić information content (AvgIpc) is 2.28. The van der Waals surface area contributed by atoms with Gasteiger partial charge in [0.25, 0.3) is 0 Å². The predicted molar refractivity (Wildman–Crippen MR) is 73.7 cm³/mol. The van der Waals surface area contributed by atoms with E-state index < -0.39 is 0 Å². The van der Waals surface area contributed by atoms with Gasteiger partial charge in [0.2, 0.25) is 0 Å². The van der Waals surface area contributed by atoms with E-state index in [4.69, 9.17) is 28.3 Å². The van der Waals surface area contributed by atoms with Gasteiger partial charge in [-0.15, -0.1) is 0 Å². The van der Waals surface area contributed by atoms with Crippen molar-refractivity contribution in [2.45, 2.75) is 32.9 Å². The Morgan fingerprint density at radius 1 is 1.29 bits per heavy atom. The van der Waals surface area contributed by atoms with E-state index in [1.165, 1.54) is 0 Å². The minimum atomic E-state index is 0.215. The average molecular weight is 276 g/mol. The Labute approximate surface area is 113 Å². The molecule has 1 N–H and O–H groups in total. The Bertz CT molecular complexity index is 355. The molecule has 0 heterocycles. The van der Waals surface area contributed by atoms with E-state index in [0.29, 0.717) is 11.1 Å². The fraction of sp³-hybridized carbons (Fsp3) is 0.538. The molecule has 0 aliphatic carbocycles. The molecule has 0 fully saturated rings. The van der Waals surface area contributed by atoms with Crippen LogP contribution in [0.15, 0.2) is 18.2 Å². The molecule has 4 heteroatoms. The predicted octanol–water partition coefficient (Wildman–Crippen LogP) is 3.59. The van der Waals surface area contributed by atoms with Crippen LogP contribution in [0.2, 0.25) is 10.0 Å². The molecule has 0 radical (unpaired) electrons. The largest absolute Gasteiger partial charge is 0.396 e. The summed E-state index contributed by atoms with van der Waals surface area (Å²) in [5, 5.41) is 10.3. The Hall–Kier alpha value is -0.280. The molecule has 1 aromatic rings. The van der Waals surface area contributed by atoms with E-state index in [1.54, 1.807) is 6.07 Å². The fourth-order valence-corrected chi connectivity index (χ4v) is 2.05. The van der Waals surface area contributed by atoms with Crippen molar-refractivity contribution in [1.29, 1.82) is 0 Å². The Morgan fingerprint density at radius 2 is 2.00 bits per heavy atom. The standard InChI is InChI=1S/C13H19Cl2NO/c1-10(2)16(6-3-7-17)9-11-8-12(14)4-5-13(11)15/h4-5,8,10,17H,3,6-7,9H2,1-2H3. The first kappa shape index (κ1) is 14.8. The van der Waals surface area contributed by atoms with Crippen LogP contribution < -0.4 is 0 Å². The zero-order valence-electron chi connectivity index (χ0n) is 10.3. The molecule has 1 aromatic carbocycles. The molecule has 96 valence electrons. The molecule has 2 nitrogen and oxygen atoms in total. The van der Waals surface area contributed by atoms with E-state index >= 15 is 0 Å². The third kappa shape index (κ3) is 4.84. The molecule has 0 unspecified atom stereocenters. The number of halogens is 2. The van der Waals surface area contributed by atoms with E-state index in [9.17, 15) is 0 Å². The van der Waals surface area contributed by atoms with Crippen LogP contribution in [0.1, 0.15) is 25.8 Å². The van der Waals surface area contributed by atoms with E-state index in [-0.39, 0.29) is 6.61 Å². The lowest BCUT2D eigenvalue weighted by molar-refractivity contribution is 0.185. The van der Waals surface area contributed by atoms with Crippen LogP contribution >= 0.6 is 23.2 Å². The SMILES string of the molecule is CC(C)N(CCCO)Cc1cc(Cl)ccc1Cl. The van der Waals surface area contributed by atoms with Crippen LogP contribution in [0.3, 0.4) is 0 Å². The molecule has 0 aromatic heterocycles. The van der Waals surface area contributed by atoms with Gasteiger partial charge in [-0.1, -0.05) is 23.2 Å². The molecular weight excluding hydrogens is 257 g/mol. The van der Waals surface area contributed by atoms with Gasteiger partial charge in [-0.25, -0.2) is 0 Å².